The summed E-state index contributed by atoms with van der Waals surface area (Å²) >= 11 is 1.56. The van der Waals surface area contributed by atoms with Crippen molar-refractivity contribution in [3.05, 3.63) is 10.6 Å². The van der Waals surface area contributed by atoms with Gasteiger partial charge in [-0.2, -0.15) is 0 Å². The van der Waals surface area contributed by atoms with E-state index in [0.29, 0.717) is 17.9 Å². The van der Waals surface area contributed by atoms with E-state index in [1.807, 2.05) is 0 Å². The lowest BCUT2D eigenvalue weighted by atomic mass is 9.93. The molecule has 0 spiro atoms. The lowest BCUT2D eigenvalue weighted by Gasteiger charge is -2.24. The van der Waals surface area contributed by atoms with Crippen molar-refractivity contribution in [2.24, 2.45) is 5.92 Å². The summed E-state index contributed by atoms with van der Waals surface area (Å²) in [5.41, 5.74) is 1.17. The summed E-state index contributed by atoms with van der Waals surface area (Å²) in [6, 6.07) is 0.414. The Morgan fingerprint density at radius 1 is 1.24 bits per heavy atom. The second-order valence-corrected chi connectivity index (χ2v) is 5.76. The first kappa shape index (κ1) is 14.6. The summed E-state index contributed by atoms with van der Waals surface area (Å²) in [7, 11) is 0. The Balaban J connectivity index is 2.92. The first-order chi connectivity index (χ1) is 8.11. The number of rotatable bonds is 7. The molecule has 98 valence electrons. The molecule has 0 saturated heterocycles. The summed E-state index contributed by atoms with van der Waals surface area (Å²) in [4.78, 5) is 1.34. The van der Waals surface area contributed by atoms with Crippen LogP contribution in [0.15, 0.2) is 0 Å². The molecule has 4 heteroatoms. The largest absolute Gasteiger partial charge is 0.309 e. The van der Waals surface area contributed by atoms with E-state index in [-0.39, 0.29) is 0 Å². The molecule has 3 nitrogen and oxygen atoms in total. The topological polar surface area (TPSA) is 37.8 Å². The van der Waals surface area contributed by atoms with Gasteiger partial charge in [0.2, 0.25) is 0 Å². The van der Waals surface area contributed by atoms with Crippen LogP contribution in [0.1, 0.15) is 70.0 Å². The maximum atomic E-state index is 4.29. The smallest absolute Gasteiger partial charge is 0.0829 e. The van der Waals surface area contributed by atoms with Crippen LogP contribution in [0.5, 0.6) is 0 Å². The fourth-order valence-electron chi connectivity index (χ4n) is 2.21. The van der Waals surface area contributed by atoms with E-state index in [0.717, 1.165) is 6.54 Å². The van der Waals surface area contributed by atoms with E-state index >= 15 is 0 Å². The zero-order valence-electron chi connectivity index (χ0n) is 11.7. The molecule has 0 aromatic carbocycles. The van der Waals surface area contributed by atoms with Gasteiger partial charge in [0.1, 0.15) is 0 Å². The van der Waals surface area contributed by atoms with Gasteiger partial charge < -0.3 is 5.32 Å². The van der Waals surface area contributed by atoms with Gasteiger partial charge >= 0.3 is 0 Å². The fraction of sp³-hybridized carbons (Fsp3) is 0.846. The highest BCUT2D eigenvalue weighted by molar-refractivity contribution is 7.05. The third-order valence-electron chi connectivity index (χ3n) is 3.11. The predicted octanol–water partition coefficient (Wildman–Crippen LogP) is 3.75. The predicted molar refractivity (Wildman–Crippen MR) is 74.5 cm³/mol. The van der Waals surface area contributed by atoms with Crippen molar-refractivity contribution < 1.29 is 0 Å². The third kappa shape index (κ3) is 3.75. The van der Waals surface area contributed by atoms with Crippen molar-refractivity contribution in [3.8, 4) is 0 Å². The SMILES string of the molecule is CCCC(C)C(NCC)c1snnc1C(C)C. The van der Waals surface area contributed by atoms with E-state index in [1.165, 1.54) is 23.4 Å². The monoisotopic (exact) mass is 255 g/mol. The van der Waals surface area contributed by atoms with Gasteiger partial charge in [0.25, 0.3) is 0 Å². The Bertz CT molecular complexity index is 322. The number of nitrogens with zero attached hydrogens (tertiary/aromatic N) is 2. The van der Waals surface area contributed by atoms with Gasteiger partial charge in [0.05, 0.1) is 10.6 Å². The van der Waals surface area contributed by atoms with Crippen LogP contribution in [0.3, 0.4) is 0 Å². The lowest BCUT2D eigenvalue weighted by molar-refractivity contribution is 0.371. The fourth-order valence-corrected chi connectivity index (χ4v) is 3.23. The van der Waals surface area contributed by atoms with E-state index in [1.54, 1.807) is 11.5 Å². The molecule has 0 aliphatic carbocycles. The summed E-state index contributed by atoms with van der Waals surface area (Å²) in [5, 5.41) is 7.89. The molecular formula is C13H25N3S. The second kappa shape index (κ2) is 7.07. The highest BCUT2D eigenvalue weighted by Gasteiger charge is 2.24. The van der Waals surface area contributed by atoms with Crippen LogP contribution in [-0.4, -0.2) is 16.1 Å². The molecule has 1 aromatic rings. The molecule has 1 aromatic heterocycles. The van der Waals surface area contributed by atoms with Crippen LogP contribution in [0.4, 0.5) is 0 Å². The number of nitrogens with one attached hydrogen (secondary N) is 1. The van der Waals surface area contributed by atoms with E-state index < -0.39 is 0 Å². The van der Waals surface area contributed by atoms with E-state index in [4.69, 9.17) is 0 Å². The number of hydrogen-bond donors (Lipinski definition) is 1. The van der Waals surface area contributed by atoms with Gasteiger partial charge in [0, 0.05) is 6.04 Å². The molecule has 1 N–H and O–H groups in total. The Kier molecular flexibility index (Phi) is 6.06. The summed E-state index contributed by atoms with van der Waals surface area (Å²) < 4.78 is 4.14. The zero-order valence-corrected chi connectivity index (χ0v) is 12.5. The first-order valence-electron chi connectivity index (χ1n) is 6.67. The Labute approximate surface area is 109 Å². The summed E-state index contributed by atoms with van der Waals surface area (Å²) in [5.74, 6) is 1.10. The van der Waals surface area contributed by atoms with Gasteiger partial charge in [-0.1, -0.05) is 45.5 Å². The number of hydrogen-bond acceptors (Lipinski definition) is 4. The average molecular weight is 255 g/mol. The summed E-state index contributed by atoms with van der Waals surface area (Å²) in [6.07, 6.45) is 2.47. The van der Waals surface area contributed by atoms with Gasteiger partial charge in [-0.3, -0.25) is 0 Å². The Morgan fingerprint density at radius 2 is 1.94 bits per heavy atom. The minimum absolute atomic E-state index is 0.414. The van der Waals surface area contributed by atoms with Gasteiger partial charge in [-0.25, -0.2) is 0 Å². The van der Waals surface area contributed by atoms with Crippen LogP contribution in [0, 0.1) is 5.92 Å². The van der Waals surface area contributed by atoms with Crippen molar-refractivity contribution in [1.82, 2.24) is 14.9 Å². The van der Waals surface area contributed by atoms with Crippen LogP contribution >= 0.6 is 11.5 Å². The Hall–Kier alpha value is -0.480. The van der Waals surface area contributed by atoms with Gasteiger partial charge in [-0.05, 0) is 36.3 Å². The van der Waals surface area contributed by atoms with Gasteiger partial charge in [0.15, 0.2) is 0 Å². The van der Waals surface area contributed by atoms with E-state index in [2.05, 4.69) is 49.5 Å². The molecular weight excluding hydrogens is 230 g/mol. The van der Waals surface area contributed by atoms with Crippen molar-refractivity contribution in [2.45, 2.75) is 59.4 Å². The quantitative estimate of drug-likeness (QED) is 0.806. The van der Waals surface area contributed by atoms with Crippen molar-refractivity contribution in [2.75, 3.05) is 6.54 Å². The van der Waals surface area contributed by atoms with Crippen LogP contribution in [0.25, 0.3) is 0 Å². The standard InChI is InChI=1S/C13H25N3S/c1-6-8-10(5)12(14-7-2)13-11(9(3)4)15-16-17-13/h9-10,12,14H,6-8H2,1-5H3. The minimum Gasteiger partial charge on any atom is -0.309 e. The average Bonchev–Trinajstić information content (AvgIpc) is 2.74. The molecule has 0 fully saturated rings. The van der Waals surface area contributed by atoms with Crippen LogP contribution < -0.4 is 5.32 Å². The molecule has 2 unspecified atom stereocenters. The molecule has 2 atom stereocenters. The molecule has 0 aliphatic rings. The van der Waals surface area contributed by atoms with Crippen molar-refractivity contribution in [1.29, 1.82) is 0 Å². The molecule has 1 rings (SSSR count). The molecule has 0 radical (unpaired) electrons. The molecule has 0 amide bonds. The van der Waals surface area contributed by atoms with E-state index in [9.17, 15) is 0 Å². The van der Waals surface area contributed by atoms with Crippen molar-refractivity contribution >= 4 is 11.5 Å². The Morgan fingerprint density at radius 3 is 2.47 bits per heavy atom. The van der Waals surface area contributed by atoms with Gasteiger partial charge in [-0.15, -0.1) is 5.10 Å². The third-order valence-corrected chi connectivity index (χ3v) is 3.93. The molecule has 17 heavy (non-hydrogen) atoms. The first-order valence-corrected chi connectivity index (χ1v) is 7.44. The maximum absolute atomic E-state index is 4.29. The highest BCUT2D eigenvalue weighted by atomic mass is 32.1. The minimum atomic E-state index is 0.414. The molecule has 0 aliphatic heterocycles. The molecule has 0 saturated carbocycles. The molecule has 1 heterocycles. The molecule has 0 bridgehead atoms. The second-order valence-electron chi connectivity index (χ2n) is 4.98. The zero-order chi connectivity index (χ0) is 12.8. The normalized spacial score (nSPS) is 15.2. The maximum Gasteiger partial charge on any atom is 0.0829 e. The van der Waals surface area contributed by atoms with Crippen LogP contribution in [-0.2, 0) is 0 Å². The number of aromatic nitrogens is 2. The summed E-state index contributed by atoms with van der Waals surface area (Å²) in [6.45, 7) is 12.1. The van der Waals surface area contributed by atoms with Crippen LogP contribution in [0.2, 0.25) is 0 Å². The lowest BCUT2D eigenvalue weighted by Crippen LogP contribution is -2.27. The van der Waals surface area contributed by atoms with Crippen molar-refractivity contribution in [3.63, 3.8) is 0 Å². The highest BCUT2D eigenvalue weighted by Crippen LogP contribution is 2.32.